The van der Waals surface area contributed by atoms with Crippen LogP contribution in [0.2, 0.25) is 0 Å². The third-order valence-corrected chi connectivity index (χ3v) is 5.21. The fraction of sp³-hybridized carbons (Fsp3) is 0.588. The SMILES string of the molecule is CCC1(C(=O)NC(C)C)CCN(c2ccc(I)cc2)CC1. The van der Waals surface area contributed by atoms with Crippen LogP contribution in [0.25, 0.3) is 0 Å². The van der Waals surface area contributed by atoms with E-state index in [0.29, 0.717) is 0 Å². The highest BCUT2D eigenvalue weighted by molar-refractivity contribution is 14.1. The van der Waals surface area contributed by atoms with Gasteiger partial charge in [0.1, 0.15) is 0 Å². The Bertz CT molecular complexity index is 476. The van der Waals surface area contributed by atoms with Crippen LogP contribution in [0.1, 0.15) is 40.0 Å². The highest BCUT2D eigenvalue weighted by Crippen LogP contribution is 2.36. The normalized spacial score (nSPS) is 17.9. The average molecular weight is 400 g/mol. The molecule has 0 atom stereocenters. The smallest absolute Gasteiger partial charge is 0.226 e. The Labute approximate surface area is 141 Å². The molecule has 1 heterocycles. The fourth-order valence-corrected chi connectivity index (χ4v) is 3.36. The summed E-state index contributed by atoms with van der Waals surface area (Å²) in [6, 6.07) is 8.85. The molecule has 1 fully saturated rings. The monoisotopic (exact) mass is 400 g/mol. The van der Waals surface area contributed by atoms with Crippen molar-refractivity contribution in [2.24, 2.45) is 5.41 Å². The molecule has 1 N–H and O–H groups in total. The molecule has 0 radical (unpaired) electrons. The quantitative estimate of drug-likeness (QED) is 0.780. The van der Waals surface area contributed by atoms with E-state index in [1.165, 1.54) is 9.26 Å². The Kier molecular flexibility index (Phi) is 5.52. The molecule has 116 valence electrons. The van der Waals surface area contributed by atoms with Gasteiger partial charge >= 0.3 is 0 Å². The molecule has 1 aliphatic rings. The molecular formula is C17H25IN2O. The summed E-state index contributed by atoms with van der Waals surface area (Å²) in [6.45, 7) is 8.12. The number of benzene rings is 1. The number of halogens is 1. The molecule has 1 aromatic rings. The molecule has 0 bridgehead atoms. The molecule has 0 aliphatic carbocycles. The lowest BCUT2D eigenvalue weighted by molar-refractivity contribution is -0.133. The zero-order chi connectivity index (χ0) is 15.5. The summed E-state index contributed by atoms with van der Waals surface area (Å²) in [7, 11) is 0. The van der Waals surface area contributed by atoms with Gasteiger partial charge < -0.3 is 10.2 Å². The van der Waals surface area contributed by atoms with Crippen LogP contribution < -0.4 is 10.2 Å². The lowest BCUT2D eigenvalue weighted by Crippen LogP contribution is -2.50. The molecule has 1 aliphatic heterocycles. The van der Waals surface area contributed by atoms with E-state index in [0.717, 1.165) is 32.4 Å². The van der Waals surface area contributed by atoms with Gasteiger partial charge in [0, 0.05) is 28.4 Å². The Balaban J connectivity index is 2.03. The van der Waals surface area contributed by atoms with Crippen LogP contribution in [-0.4, -0.2) is 25.0 Å². The van der Waals surface area contributed by atoms with Gasteiger partial charge in [0.25, 0.3) is 0 Å². The maximum atomic E-state index is 12.5. The van der Waals surface area contributed by atoms with E-state index >= 15 is 0 Å². The second-order valence-corrected chi connectivity index (χ2v) is 7.47. The maximum absolute atomic E-state index is 12.5. The summed E-state index contributed by atoms with van der Waals surface area (Å²) in [5.41, 5.74) is 1.09. The van der Waals surface area contributed by atoms with Gasteiger partial charge in [0.05, 0.1) is 5.41 Å². The van der Waals surface area contributed by atoms with Crippen LogP contribution in [-0.2, 0) is 4.79 Å². The molecule has 2 rings (SSSR count). The van der Waals surface area contributed by atoms with Gasteiger partial charge in [0.15, 0.2) is 0 Å². The highest BCUT2D eigenvalue weighted by atomic mass is 127. The van der Waals surface area contributed by atoms with Crippen LogP contribution in [0.3, 0.4) is 0 Å². The molecule has 0 aromatic heterocycles. The zero-order valence-electron chi connectivity index (χ0n) is 13.2. The lowest BCUT2D eigenvalue weighted by Gasteiger charge is -2.41. The van der Waals surface area contributed by atoms with Crippen LogP contribution in [0.5, 0.6) is 0 Å². The first-order chi connectivity index (χ1) is 9.97. The number of hydrogen-bond acceptors (Lipinski definition) is 2. The van der Waals surface area contributed by atoms with Gasteiger partial charge in [-0.1, -0.05) is 6.92 Å². The van der Waals surface area contributed by atoms with Crippen molar-refractivity contribution in [1.82, 2.24) is 5.32 Å². The Morgan fingerprint density at radius 3 is 2.33 bits per heavy atom. The van der Waals surface area contributed by atoms with E-state index in [-0.39, 0.29) is 17.4 Å². The molecule has 1 aromatic carbocycles. The van der Waals surface area contributed by atoms with Crippen LogP contribution in [0, 0.1) is 8.99 Å². The minimum atomic E-state index is -0.177. The zero-order valence-corrected chi connectivity index (χ0v) is 15.3. The number of amides is 1. The predicted molar refractivity (Wildman–Crippen MR) is 96.6 cm³/mol. The molecule has 4 heteroatoms. The number of piperidine rings is 1. The second-order valence-electron chi connectivity index (χ2n) is 6.23. The molecule has 0 unspecified atom stereocenters. The molecule has 1 saturated heterocycles. The van der Waals surface area contributed by atoms with Gasteiger partial charge in [-0.05, 0) is 80.0 Å². The fourth-order valence-electron chi connectivity index (χ4n) is 3.00. The minimum absolute atomic E-state index is 0.177. The Morgan fingerprint density at radius 1 is 1.29 bits per heavy atom. The average Bonchev–Trinajstić information content (AvgIpc) is 2.47. The largest absolute Gasteiger partial charge is 0.371 e. The maximum Gasteiger partial charge on any atom is 0.226 e. The summed E-state index contributed by atoms with van der Waals surface area (Å²) in [5, 5.41) is 3.11. The van der Waals surface area contributed by atoms with Crippen molar-refractivity contribution in [1.29, 1.82) is 0 Å². The summed E-state index contributed by atoms with van der Waals surface area (Å²) in [6.07, 6.45) is 2.80. The van der Waals surface area contributed by atoms with E-state index in [1.807, 2.05) is 13.8 Å². The summed E-state index contributed by atoms with van der Waals surface area (Å²) < 4.78 is 1.26. The van der Waals surface area contributed by atoms with Gasteiger partial charge in [-0.2, -0.15) is 0 Å². The van der Waals surface area contributed by atoms with Crippen molar-refractivity contribution in [3.05, 3.63) is 27.8 Å². The van der Waals surface area contributed by atoms with Crippen LogP contribution in [0.4, 0.5) is 5.69 Å². The summed E-state index contributed by atoms with van der Waals surface area (Å²) in [4.78, 5) is 14.9. The summed E-state index contributed by atoms with van der Waals surface area (Å²) >= 11 is 2.33. The number of nitrogens with zero attached hydrogens (tertiary/aromatic N) is 1. The Hall–Kier alpha value is -0.780. The number of hydrogen-bond donors (Lipinski definition) is 1. The third kappa shape index (κ3) is 3.90. The highest BCUT2D eigenvalue weighted by Gasteiger charge is 2.39. The standard InChI is InChI=1S/C17H25IN2O/c1-4-17(16(21)19-13(2)3)9-11-20(12-10-17)15-7-5-14(18)6-8-15/h5-8,13H,4,9-12H2,1-3H3,(H,19,21). The molecule has 0 saturated carbocycles. The Morgan fingerprint density at radius 2 is 1.86 bits per heavy atom. The van der Waals surface area contributed by atoms with Gasteiger partial charge in [-0.25, -0.2) is 0 Å². The van der Waals surface area contributed by atoms with Crippen LogP contribution in [0.15, 0.2) is 24.3 Å². The van der Waals surface area contributed by atoms with E-state index in [9.17, 15) is 4.79 Å². The van der Waals surface area contributed by atoms with Crippen molar-refractivity contribution < 1.29 is 4.79 Å². The third-order valence-electron chi connectivity index (χ3n) is 4.49. The predicted octanol–water partition coefficient (Wildman–Crippen LogP) is 3.81. The molecular weight excluding hydrogens is 375 g/mol. The number of rotatable bonds is 4. The molecule has 0 spiro atoms. The first-order valence-corrected chi connectivity index (χ1v) is 8.86. The summed E-state index contributed by atoms with van der Waals surface area (Å²) in [5.74, 6) is 0.238. The van der Waals surface area contributed by atoms with E-state index < -0.39 is 0 Å². The number of nitrogens with one attached hydrogen (secondary N) is 1. The van der Waals surface area contributed by atoms with Crippen LogP contribution >= 0.6 is 22.6 Å². The number of carbonyl (C=O) groups is 1. The van der Waals surface area contributed by atoms with Crippen molar-refractivity contribution in [3.63, 3.8) is 0 Å². The van der Waals surface area contributed by atoms with Crippen molar-refractivity contribution >= 4 is 34.2 Å². The molecule has 1 amide bonds. The molecule has 3 nitrogen and oxygen atoms in total. The topological polar surface area (TPSA) is 32.3 Å². The number of carbonyl (C=O) groups excluding carboxylic acids is 1. The van der Waals surface area contributed by atoms with E-state index in [4.69, 9.17) is 0 Å². The van der Waals surface area contributed by atoms with Gasteiger partial charge in [-0.15, -0.1) is 0 Å². The molecule has 21 heavy (non-hydrogen) atoms. The van der Waals surface area contributed by atoms with Crippen molar-refractivity contribution in [2.45, 2.75) is 46.1 Å². The second kappa shape index (κ2) is 6.99. The number of anilines is 1. The lowest BCUT2D eigenvalue weighted by atomic mass is 9.75. The van der Waals surface area contributed by atoms with Gasteiger partial charge in [0.2, 0.25) is 5.91 Å². The van der Waals surface area contributed by atoms with Crippen molar-refractivity contribution in [3.8, 4) is 0 Å². The van der Waals surface area contributed by atoms with Gasteiger partial charge in [-0.3, -0.25) is 4.79 Å². The van der Waals surface area contributed by atoms with Crippen molar-refractivity contribution in [2.75, 3.05) is 18.0 Å². The first kappa shape index (κ1) is 16.6. The minimum Gasteiger partial charge on any atom is -0.371 e. The van der Waals surface area contributed by atoms with E-state index in [2.05, 4.69) is 64.0 Å². The first-order valence-electron chi connectivity index (χ1n) is 7.78. The van der Waals surface area contributed by atoms with E-state index in [1.54, 1.807) is 0 Å².